The first-order chi connectivity index (χ1) is 7.49. The molecule has 0 radical (unpaired) electrons. The smallest absolute Gasteiger partial charge is 0.312 e. The van der Waals surface area contributed by atoms with Crippen LogP contribution in [-0.4, -0.2) is 11.6 Å². The molecule has 0 saturated heterocycles. The van der Waals surface area contributed by atoms with Crippen LogP contribution in [0.15, 0.2) is 0 Å². The van der Waals surface area contributed by atoms with Gasteiger partial charge in [-0.1, -0.05) is 27.7 Å². The Labute approximate surface area is 107 Å². The van der Waals surface area contributed by atoms with E-state index < -0.39 is 5.60 Å². The summed E-state index contributed by atoms with van der Waals surface area (Å²) in [5.41, 5.74) is -0.761. The molecule has 2 heteroatoms. The highest BCUT2D eigenvalue weighted by molar-refractivity contribution is 5.77. The largest absolute Gasteiger partial charge is 0.460 e. The van der Waals surface area contributed by atoms with Crippen molar-refractivity contribution in [3.63, 3.8) is 0 Å². The molecule has 0 aliphatic heterocycles. The maximum atomic E-state index is 12.3. The second-order valence-corrected chi connectivity index (χ2v) is 7.01. The zero-order valence-corrected chi connectivity index (χ0v) is 12.9. The molecule has 0 aliphatic rings. The average Bonchev–Trinajstić information content (AvgIpc) is 2.10. The lowest BCUT2D eigenvalue weighted by atomic mass is 9.74. The molecule has 0 saturated carbocycles. The van der Waals surface area contributed by atoms with Crippen molar-refractivity contribution in [2.24, 2.45) is 17.3 Å². The van der Waals surface area contributed by atoms with E-state index in [1.165, 1.54) is 0 Å². The molecule has 17 heavy (non-hydrogen) atoms. The van der Waals surface area contributed by atoms with Gasteiger partial charge in [-0.3, -0.25) is 4.79 Å². The van der Waals surface area contributed by atoms with Gasteiger partial charge in [0.1, 0.15) is 5.60 Å². The van der Waals surface area contributed by atoms with Gasteiger partial charge in [-0.25, -0.2) is 0 Å². The van der Waals surface area contributed by atoms with Crippen molar-refractivity contribution in [1.29, 1.82) is 0 Å². The van der Waals surface area contributed by atoms with Crippen LogP contribution in [0.1, 0.15) is 68.2 Å². The summed E-state index contributed by atoms with van der Waals surface area (Å²) in [6, 6.07) is 0. The van der Waals surface area contributed by atoms with E-state index in [2.05, 4.69) is 27.7 Å². The van der Waals surface area contributed by atoms with Crippen LogP contribution in [0.3, 0.4) is 0 Å². The van der Waals surface area contributed by atoms with Crippen LogP contribution in [0, 0.1) is 17.3 Å². The third kappa shape index (κ3) is 5.56. The van der Waals surface area contributed by atoms with Crippen molar-refractivity contribution in [3.8, 4) is 0 Å². The second kappa shape index (κ2) is 5.88. The van der Waals surface area contributed by atoms with E-state index in [9.17, 15) is 4.79 Å². The standard InChI is InChI=1S/C15H30O2/c1-11(2)9-10-15(8,12(3)4)13(16)17-14(5,6)7/h11-12H,9-10H2,1-8H3. The molecular formula is C15H30O2. The van der Waals surface area contributed by atoms with Gasteiger partial charge in [-0.2, -0.15) is 0 Å². The molecule has 0 spiro atoms. The number of hydrogen-bond acceptors (Lipinski definition) is 2. The highest BCUT2D eigenvalue weighted by Crippen LogP contribution is 2.36. The Bertz CT molecular complexity index is 248. The normalized spacial score (nSPS) is 16.1. The summed E-state index contributed by atoms with van der Waals surface area (Å²) < 4.78 is 5.56. The van der Waals surface area contributed by atoms with E-state index in [1.807, 2.05) is 27.7 Å². The zero-order valence-electron chi connectivity index (χ0n) is 12.9. The molecule has 2 nitrogen and oxygen atoms in total. The number of ether oxygens (including phenoxy) is 1. The molecule has 0 amide bonds. The van der Waals surface area contributed by atoms with Crippen molar-refractivity contribution < 1.29 is 9.53 Å². The second-order valence-electron chi connectivity index (χ2n) is 7.01. The van der Waals surface area contributed by atoms with Gasteiger partial charge >= 0.3 is 5.97 Å². The predicted molar refractivity (Wildman–Crippen MR) is 72.9 cm³/mol. The third-order valence-corrected chi connectivity index (χ3v) is 3.38. The molecule has 0 aromatic carbocycles. The fraction of sp³-hybridized carbons (Fsp3) is 0.933. The van der Waals surface area contributed by atoms with Gasteiger partial charge in [-0.15, -0.1) is 0 Å². The Morgan fingerprint density at radius 3 is 1.82 bits per heavy atom. The van der Waals surface area contributed by atoms with E-state index >= 15 is 0 Å². The van der Waals surface area contributed by atoms with Gasteiger partial charge in [0.15, 0.2) is 0 Å². The summed E-state index contributed by atoms with van der Waals surface area (Å²) in [7, 11) is 0. The topological polar surface area (TPSA) is 26.3 Å². The molecule has 0 aromatic heterocycles. The van der Waals surface area contributed by atoms with Gasteiger partial charge in [0.05, 0.1) is 5.41 Å². The number of rotatable bonds is 5. The first-order valence-electron chi connectivity index (χ1n) is 6.72. The average molecular weight is 242 g/mol. The number of hydrogen-bond donors (Lipinski definition) is 0. The fourth-order valence-corrected chi connectivity index (χ4v) is 1.61. The Morgan fingerprint density at radius 1 is 1.06 bits per heavy atom. The van der Waals surface area contributed by atoms with E-state index in [1.54, 1.807) is 0 Å². The SMILES string of the molecule is CC(C)CCC(C)(C(=O)OC(C)(C)C)C(C)C. The molecule has 0 aromatic rings. The molecule has 0 aliphatic carbocycles. The third-order valence-electron chi connectivity index (χ3n) is 3.38. The molecule has 0 rings (SSSR count). The zero-order chi connectivity index (χ0) is 13.9. The number of carbonyl (C=O) groups excluding carboxylic acids is 1. The fourth-order valence-electron chi connectivity index (χ4n) is 1.61. The monoisotopic (exact) mass is 242 g/mol. The molecule has 0 fully saturated rings. The quantitative estimate of drug-likeness (QED) is 0.667. The lowest BCUT2D eigenvalue weighted by Crippen LogP contribution is -2.39. The van der Waals surface area contributed by atoms with Crippen LogP contribution in [0.5, 0.6) is 0 Å². The van der Waals surface area contributed by atoms with Crippen LogP contribution < -0.4 is 0 Å². The van der Waals surface area contributed by atoms with E-state index in [0.29, 0.717) is 11.8 Å². The van der Waals surface area contributed by atoms with Crippen molar-refractivity contribution in [3.05, 3.63) is 0 Å². The predicted octanol–water partition coefficient (Wildman–Crippen LogP) is 4.43. The first kappa shape index (κ1) is 16.5. The van der Waals surface area contributed by atoms with Gasteiger partial charge in [0.2, 0.25) is 0 Å². The highest BCUT2D eigenvalue weighted by atomic mass is 16.6. The van der Waals surface area contributed by atoms with Gasteiger partial charge in [0.25, 0.3) is 0 Å². The highest BCUT2D eigenvalue weighted by Gasteiger charge is 2.39. The summed E-state index contributed by atoms with van der Waals surface area (Å²) >= 11 is 0. The maximum absolute atomic E-state index is 12.3. The summed E-state index contributed by atoms with van der Waals surface area (Å²) in [6.45, 7) is 16.4. The van der Waals surface area contributed by atoms with E-state index in [4.69, 9.17) is 4.74 Å². The minimum Gasteiger partial charge on any atom is -0.460 e. The lowest BCUT2D eigenvalue weighted by molar-refractivity contribution is -0.170. The van der Waals surface area contributed by atoms with Crippen molar-refractivity contribution in [2.45, 2.75) is 73.8 Å². The number of esters is 1. The Hall–Kier alpha value is -0.530. The molecule has 102 valence electrons. The summed E-state index contributed by atoms with van der Waals surface area (Å²) in [5.74, 6) is 0.868. The van der Waals surface area contributed by atoms with Gasteiger partial charge in [-0.05, 0) is 52.4 Å². The van der Waals surface area contributed by atoms with E-state index in [0.717, 1.165) is 12.8 Å². The Morgan fingerprint density at radius 2 is 1.53 bits per heavy atom. The molecule has 1 unspecified atom stereocenters. The van der Waals surface area contributed by atoms with Crippen LogP contribution >= 0.6 is 0 Å². The summed E-state index contributed by atoms with van der Waals surface area (Å²) in [5, 5.41) is 0. The molecule has 0 bridgehead atoms. The van der Waals surface area contributed by atoms with Crippen LogP contribution in [0.25, 0.3) is 0 Å². The maximum Gasteiger partial charge on any atom is 0.312 e. The number of carbonyl (C=O) groups is 1. The van der Waals surface area contributed by atoms with E-state index in [-0.39, 0.29) is 11.4 Å². The lowest BCUT2D eigenvalue weighted by Gasteiger charge is -2.35. The van der Waals surface area contributed by atoms with Crippen molar-refractivity contribution in [1.82, 2.24) is 0 Å². The molecular weight excluding hydrogens is 212 g/mol. The molecule has 0 heterocycles. The Kier molecular flexibility index (Phi) is 5.70. The van der Waals surface area contributed by atoms with Crippen molar-refractivity contribution in [2.75, 3.05) is 0 Å². The minimum absolute atomic E-state index is 0.0550. The van der Waals surface area contributed by atoms with Crippen LogP contribution in [0.4, 0.5) is 0 Å². The summed E-state index contributed by atoms with van der Waals surface area (Å²) in [4.78, 5) is 12.3. The van der Waals surface area contributed by atoms with Crippen molar-refractivity contribution >= 4 is 5.97 Å². The minimum atomic E-state index is -0.398. The summed E-state index contributed by atoms with van der Waals surface area (Å²) in [6.07, 6.45) is 1.96. The van der Waals surface area contributed by atoms with Crippen LogP contribution in [0.2, 0.25) is 0 Å². The van der Waals surface area contributed by atoms with Gasteiger partial charge < -0.3 is 4.74 Å². The molecule has 0 N–H and O–H groups in total. The van der Waals surface area contributed by atoms with Gasteiger partial charge in [0, 0.05) is 0 Å². The van der Waals surface area contributed by atoms with Crippen LogP contribution in [-0.2, 0) is 9.53 Å². The first-order valence-corrected chi connectivity index (χ1v) is 6.72. The Balaban J connectivity index is 4.76. The molecule has 1 atom stereocenters.